The first-order valence-corrected chi connectivity index (χ1v) is 10.2. The molecule has 0 radical (unpaired) electrons. The fraction of sp³-hybridized carbons (Fsp3) is 0.435. The van der Waals surface area contributed by atoms with Gasteiger partial charge in [-0.1, -0.05) is 50.1 Å². The van der Waals surface area contributed by atoms with Crippen LogP contribution in [-0.2, 0) is 9.53 Å². The summed E-state index contributed by atoms with van der Waals surface area (Å²) in [6.45, 7) is 5.76. The van der Waals surface area contributed by atoms with Crippen LogP contribution in [0, 0.1) is 12.8 Å². The summed E-state index contributed by atoms with van der Waals surface area (Å²) in [7, 11) is 0. The van der Waals surface area contributed by atoms with Crippen LogP contribution >= 0.6 is 0 Å². The summed E-state index contributed by atoms with van der Waals surface area (Å²) < 4.78 is 5.19. The smallest absolute Gasteiger partial charge is 0.340 e. The van der Waals surface area contributed by atoms with E-state index in [1.807, 2.05) is 30.3 Å². The molecule has 2 atom stereocenters. The molecule has 1 saturated carbocycles. The molecule has 1 amide bonds. The van der Waals surface area contributed by atoms with Crippen LogP contribution in [0.4, 0.5) is 0 Å². The van der Waals surface area contributed by atoms with E-state index in [1.165, 1.54) is 0 Å². The number of hydrogen-bond acceptors (Lipinski definition) is 4. The fourth-order valence-electron chi connectivity index (χ4n) is 4.03. The second-order valence-electron chi connectivity index (χ2n) is 7.63. The van der Waals surface area contributed by atoms with E-state index in [9.17, 15) is 14.4 Å². The highest BCUT2D eigenvalue weighted by atomic mass is 16.5. The number of aryl methyl sites for hydroxylation is 1. The van der Waals surface area contributed by atoms with E-state index in [-0.39, 0.29) is 18.3 Å². The summed E-state index contributed by atoms with van der Waals surface area (Å²) in [6, 6.07) is 9.12. The van der Waals surface area contributed by atoms with Crippen LogP contribution in [0.1, 0.15) is 66.1 Å². The average Bonchev–Trinajstić information content (AvgIpc) is 3.07. The molecule has 1 aromatic carbocycles. The molecular weight excluding hydrogens is 368 g/mol. The summed E-state index contributed by atoms with van der Waals surface area (Å²) in [5, 5.41) is 2.90. The lowest BCUT2D eigenvalue weighted by Crippen LogP contribution is -2.44. The molecule has 0 saturated heterocycles. The number of aromatic nitrogens is 1. The quantitative estimate of drug-likeness (QED) is 0.438. The van der Waals surface area contributed by atoms with Crippen LogP contribution in [0.25, 0.3) is 11.1 Å². The van der Waals surface area contributed by atoms with Gasteiger partial charge in [0.1, 0.15) is 5.69 Å². The second kappa shape index (κ2) is 9.07. The Kier molecular flexibility index (Phi) is 6.52. The van der Waals surface area contributed by atoms with Gasteiger partial charge in [-0.05, 0) is 38.2 Å². The van der Waals surface area contributed by atoms with Crippen molar-refractivity contribution in [2.45, 2.75) is 52.5 Å². The molecule has 6 heteroatoms. The predicted octanol–water partition coefficient (Wildman–Crippen LogP) is 4.04. The maximum atomic E-state index is 13.1. The van der Waals surface area contributed by atoms with Crippen molar-refractivity contribution < 1.29 is 19.1 Å². The third-order valence-electron chi connectivity index (χ3n) is 5.59. The zero-order chi connectivity index (χ0) is 21.0. The van der Waals surface area contributed by atoms with E-state index in [4.69, 9.17) is 4.74 Å². The Balaban J connectivity index is 1.97. The van der Waals surface area contributed by atoms with Gasteiger partial charge in [-0.3, -0.25) is 9.59 Å². The van der Waals surface area contributed by atoms with Gasteiger partial charge in [-0.2, -0.15) is 0 Å². The van der Waals surface area contributed by atoms with Crippen molar-refractivity contribution in [3.63, 3.8) is 0 Å². The average molecular weight is 396 g/mol. The van der Waals surface area contributed by atoms with Crippen LogP contribution in [0.3, 0.4) is 0 Å². The molecule has 1 fully saturated rings. The topological polar surface area (TPSA) is 88.3 Å². The van der Waals surface area contributed by atoms with Gasteiger partial charge < -0.3 is 15.0 Å². The molecule has 2 aromatic rings. The molecule has 2 N–H and O–H groups in total. The minimum Gasteiger partial charge on any atom is -0.462 e. The van der Waals surface area contributed by atoms with E-state index < -0.39 is 17.7 Å². The number of ketones is 1. The number of nitrogens with one attached hydrogen (secondary N) is 2. The van der Waals surface area contributed by atoms with Gasteiger partial charge in [0, 0.05) is 17.3 Å². The first-order valence-electron chi connectivity index (χ1n) is 10.2. The Morgan fingerprint density at radius 1 is 1.14 bits per heavy atom. The van der Waals surface area contributed by atoms with Crippen LogP contribution in [0.2, 0.25) is 0 Å². The third kappa shape index (κ3) is 4.42. The molecular formula is C23H28N2O4. The Labute approximate surface area is 171 Å². The van der Waals surface area contributed by atoms with Gasteiger partial charge in [0.15, 0.2) is 0 Å². The van der Waals surface area contributed by atoms with Gasteiger partial charge in [0.2, 0.25) is 0 Å². The van der Waals surface area contributed by atoms with Crippen molar-refractivity contribution in [2.24, 2.45) is 5.92 Å². The lowest BCUT2D eigenvalue weighted by molar-refractivity contribution is -0.118. The number of carbonyl (C=O) groups excluding carboxylic acids is 3. The number of amides is 1. The van der Waals surface area contributed by atoms with E-state index in [2.05, 4.69) is 17.2 Å². The minimum absolute atomic E-state index is 0.000890. The fourth-order valence-corrected chi connectivity index (χ4v) is 4.03. The molecule has 154 valence electrons. The van der Waals surface area contributed by atoms with E-state index in [0.717, 1.165) is 25.7 Å². The lowest BCUT2D eigenvalue weighted by Gasteiger charge is -2.29. The number of benzene rings is 1. The third-order valence-corrected chi connectivity index (χ3v) is 5.59. The van der Waals surface area contributed by atoms with E-state index >= 15 is 0 Å². The maximum Gasteiger partial charge on any atom is 0.340 e. The Bertz CT molecular complexity index is 901. The standard InChI is InChI=1S/C23H28N2O4/c1-4-29-23(28)18-15(3)24-20(19(18)16-11-6-5-7-12-16)21(26)22(27)25-17-13-9-8-10-14(17)2/h5-7,11-12,14,17,24H,4,8-10,13H2,1-3H3,(H,25,27)/t14-,17+/m0/s1. The summed E-state index contributed by atoms with van der Waals surface area (Å²) in [5.74, 6) is -1.48. The molecule has 6 nitrogen and oxygen atoms in total. The number of aromatic amines is 1. The molecule has 1 aliphatic carbocycles. The predicted molar refractivity (Wildman–Crippen MR) is 111 cm³/mol. The first kappa shape index (κ1) is 20.8. The van der Waals surface area contributed by atoms with Crippen LogP contribution in [0.5, 0.6) is 0 Å². The number of esters is 1. The van der Waals surface area contributed by atoms with Crippen LogP contribution in [0.15, 0.2) is 30.3 Å². The van der Waals surface area contributed by atoms with Gasteiger partial charge >= 0.3 is 5.97 Å². The Hall–Kier alpha value is -2.89. The summed E-state index contributed by atoms with van der Waals surface area (Å²) in [4.78, 5) is 41.4. The second-order valence-corrected chi connectivity index (χ2v) is 7.63. The van der Waals surface area contributed by atoms with Crippen molar-refractivity contribution in [2.75, 3.05) is 6.61 Å². The molecule has 0 aliphatic heterocycles. The Morgan fingerprint density at radius 3 is 2.48 bits per heavy atom. The highest BCUT2D eigenvalue weighted by Crippen LogP contribution is 2.31. The summed E-state index contributed by atoms with van der Waals surface area (Å²) in [5.41, 5.74) is 2.02. The van der Waals surface area contributed by atoms with Crippen LogP contribution in [-0.4, -0.2) is 35.3 Å². The minimum atomic E-state index is -0.666. The number of H-pyrrole nitrogens is 1. The van der Waals surface area contributed by atoms with Crippen LogP contribution < -0.4 is 5.32 Å². The highest BCUT2D eigenvalue weighted by Gasteiger charge is 2.31. The maximum absolute atomic E-state index is 13.1. The monoisotopic (exact) mass is 396 g/mol. The normalized spacial score (nSPS) is 18.9. The summed E-state index contributed by atoms with van der Waals surface area (Å²) in [6.07, 6.45) is 4.12. The zero-order valence-corrected chi connectivity index (χ0v) is 17.2. The van der Waals surface area contributed by atoms with Crippen molar-refractivity contribution in [3.05, 3.63) is 47.3 Å². The van der Waals surface area contributed by atoms with Gasteiger partial charge in [0.05, 0.1) is 12.2 Å². The number of Topliss-reactive ketones (excluding diaryl/α,β-unsaturated/α-hetero) is 1. The van der Waals surface area contributed by atoms with Gasteiger partial charge in [-0.25, -0.2) is 4.79 Å². The lowest BCUT2D eigenvalue weighted by atomic mass is 9.86. The first-order chi connectivity index (χ1) is 13.9. The number of carbonyl (C=O) groups is 3. The molecule has 29 heavy (non-hydrogen) atoms. The SMILES string of the molecule is CCOC(=O)c1c(C)[nH]c(C(=O)C(=O)N[C@@H]2CCCC[C@@H]2C)c1-c1ccccc1. The summed E-state index contributed by atoms with van der Waals surface area (Å²) >= 11 is 0. The van der Waals surface area contributed by atoms with E-state index in [1.54, 1.807) is 13.8 Å². The number of ether oxygens (including phenoxy) is 1. The Morgan fingerprint density at radius 2 is 1.83 bits per heavy atom. The highest BCUT2D eigenvalue weighted by molar-refractivity contribution is 6.44. The van der Waals surface area contributed by atoms with Gasteiger partial charge in [0.25, 0.3) is 11.7 Å². The van der Waals surface area contributed by atoms with E-state index in [0.29, 0.717) is 28.3 Å². The molecule has 1 aromatic heterocycles. The largest absolute Gasteiger partial charge is 0.462 e. The zero-order valence-electron chi connectivity index (χ0n) is 17.2. The molecule has 0 bridgehead atoms. The van der Waals surface area contributed by atoms with Gasteiger partial charge in [-0.15, -0.1) is 0 Å². The number of hydrogen-bond donors (Lipinski definition) is 2. The van der Waals surface area contributed by atoms with Crippen molar-refractivity contribution in [1.29, 1.82) is 0 Å². The molecule has 0 unspecified atom stereocenters. The van der Waals surface area contributed by atoms with Crippen molar-refractivity contribution >= 4 is 17.7 Å². The molecule has 0 spiro atoms. The molecule has 1 heterocycles. The van der Waals surface area contributed by atoms with Crippen molar-refractivity contribution in [3.8, 4) is 11.1 Å². The molecule has 1 aliphatic rings. The number of rotatable bonds is 6. The van der Waals surface area contributed by atoms with Crippen molar-refractivity contribution in [1.82, 2.24) is 10.3 Å². The molecule has 3 rings (SSSR count).